The first-order valence-corrected chi connectivity index (χ1v) is 9.91. The zero-order valence-corrected chi connectivity index (χ0v) is 15.5. The number of halogens is 2. The summed E-state index contributed by atoms with van der Waals surface area (Å²) in [6.45, 7) is 6.44. The Kier molecular flexibility index (Phi) is 5.62. The summed E-state index contributed by atoms with van der Waals surface area (Å²) in [5, 5.41) is 0. The van der Waals surface area contributed by atoms with Gasteiger partial charge in [-0.3, -0.25) is 0 Å². The highest BCUT2D eigenvalue weighted by atomic mass is 19.2. The van der Waals surface area contributed by atoms with Gasteiger partial charge in [0, 0.05) is 0 Å². The molecule has 2 saturated carbocycles. The van der Waals surface area contributed by atoms with Gasteiger partial charge in [0.2, 0.25) is 0 Å². The lowest BCUT2D eigenvalue weighted by Crippen LogP contribution is -2.28. The van der Waals surface area contributed by atoms with Crippen LogP contribution in [0.4, 0.5) is 8.78 Å². The molecule has 134 valence electrons. The lowest BCUT2D eigenvalue weighted by molar-refractivity contribution is 0.130. The predicted octanol–water partition coefficient (Wildman–Crippen LogP) is 7.01. The van der Waals surface area contributed by atoms with Crippen molar-refractivity contribution in [2.24, 2.45) is 23.7 Å². The molecule has 5 unspecified atom stereocenters. The fourth-order valence-corrected chi connectivity index (χ4v) is 5.43. The molecule has 0 nitrogen and oxygen atoms in total. The molecule has 0 heterocycles. The Morgan fingerprint density at radius 2 is 1.67 bits per heavy atom. The monoisotopic (exact) mass is 334 g/mol. The first-order chi connectivity index (χ1) is 11.5. The molecule has 2 aliphatic rings. The van der Waals surface area contributed by atoms with Crippen molar-refractivity contribution in [3.63, 3.8) is 0 Å². The molecule has 0 N–H and O–H groups in total. The van der Waals surface area contributed by atoms with Crippen LogP contribution in [0.25, 0.3) is 0 Å². The average Bonchev–Trinajstić information content (AvgIpc) is 2.79. The van der Waals surface area contributed by atoms with Crippen LogP contribution in [0.1, 0.15) is 82.3 Å². The fourth-order valence-electron chi connectivity index (χ4n) is 5.43. The number of hydrogen-bond donors (Lipinski definition) is 0. The summed E-state index contributed by atoms with van der Waals surface area (Å²) in [5.74, 6) is 2.28. The van der Waals surface area contributed by atoms with Crippen LogP contribution in [0.15, 0.2) is 12.1 Å². The smallest absolute Gasteiger partial charge is 0.162 e. The summed E-state index contributed by atoms with van der Waals surface area (Å²) in [6.07, 6.45) is 9.73. The third kappa shape index (κ3) is 3.68. The van der Waals surface area contributed by atoms with E-state index in [-0.39, 0.29) is 5.92 Å². The van der Waals surface area contributed by atoms with Gasteiger partial charge in [-0.1, -0.05) is 45.2 Å². The highest BCUT2D eigenvalue weighted by Gasteiger charge is 2.33. The molecule has 0 saturated heterocycles. The first-order valence-electron chi connectivity index (χ1n) is 9.91. The van der Waals surface area contributed by atoms with Gasteiger partial charge >= 0.3 is 0 Å². The van der Waals surface area contributed by atoms with Crippen LogP contribution in [0, 0.1) is 42.2 Å². The highest BCUT2D eigenvalue weighted by molar-refractivity contribution is 5.28. The Labute approximate surface area is 146 Å². The van der Waals surface area contributed by atoms with Crippen LogP contribution in [0.3, 0.4) is 0 Å². The maximum absolute atomic E-state index is 14.4. The van der Waals surface area contributed by atoms with Crippen LogP contribution in [0.2, 0.25) is 0 Å². The van der Waals surface area contributed by atoms with E-state index < -0.39 is 11.6 Å². The van der Waals surface area contributed by atoms with E-state index in [9.17, 15) is 8.78 Å². The number of aryl methyl sites for hydroxylation is 1. The normalized spacial score (nSPS) is 34.8. The third-order valence-corrected chi connectivity index (χ3v) is 6.86. The average molecular weight is 334 g/mol. The van der Waals surface area contributed by atoms with Gasteiger partial charge in [0.25, 0.3) is 0 Å². The van der Waals surface area contributed by atoms with Crippen molar-refractivity contribution in [1.29, 1.82) is 0 Å². The van der Waals surface area contributed by atoms with Gasteiger partial charge in [-0.25, -0.2) is 8.78 Å². The molecule has 0 radical (unpaired) electrons. The summed E-state index contributed by atoms with van der Waals surface area (Å²) < 4.78 is 28.3. The Bertz CT molecular complexity index is 565. The molecule has 1 aromatic carbocycles. The molecule has 1 aromatic rings. The maximum atomic E-state index is 14.4. The van der Waals surface area contributed by atoms with Crippen molar-refractivity contribution < 1.29 is 8.78 Å². The van der Waals surface area contributed by atoms with Crippen molar-refractivity contribution in [2.75, 3.05) is 0 Å². The number of rotatable bonds is 2. The second kappa shape index (κ2) is 7.54. The molecular weight excluding hydrogens is 302 g/mol. The molecule has 5 atom stereocenters. The summed E-state index contributed by atoms with van der Waals surface area (Å²) in [4.78, 5) is 0. The van der Waals surface area contributed by atoms with Gasteiger partial charge in [0.05, 0.1) is 0 Å². The number of hydrogen-bond acceptors (Lipinski definition) is 0. The van der Waals surface area contributed by atoms with Crippen LogP contribution in [-0.2, 0) is 0 Å². The Balaban J connectivity index is 1.68. The van der Waals surface area contributed by atoms with E-state index in [0.29, 0.717) is 11.1 Å². The van der Waals surface area contributed by atoms with Gasteiger partial charge in [0.15, 0.2) is 11.6 Å². The summed E-state index contributed by atoms with van der Waals surface area (Å²) in [7, 11) is 0. The van der Waals surface area contributed by atoms with Gasteiger partial charge in [-0.2, -0.15) is 0 Å². The van der Waals surface area contributed by atoms with Crippen LogP contribution in [0.5, 0.6) is 0 Å². The molecule has 2 heteroatoms. The minimum absolute atomic E-state index is 0.197. The number of benzene rings is 1. The minimum Gasteiger partial charge on any atom is -0.203 e. The molecular formula is C22H32F2. The van der Waals surface area contributed by atoms with Crippen molar-refractivity contribution in [3.8, 4) is 0 Å². The minimum atomic E-state index is -0.650. The topological polar surface area (TPSA) is 0 Å². The largest absolute Gasteiger partial charge is 0.203 e. The predicted molar refractivity (Wildman–Crippen MR) is 96.1 cm³/mol. The summed E-state index contributed by atoms with van der Waals surface area (Å²) >= 11 is 0. The van der Waals surface area contributed by atoms with E-state index in [1.54, 1.807) is 13.0 Å². The molecule has 2 fully saturated rings. The van der Waals surface area contributed by atoms with Gasteiger partial charge < -0.3 is 0 Å². The standard InChI is InChI=1S/C22H32F2/c1-14-7-11-19(16(3)13-14)17-5-4-6-18(10-9-17)20-12-8-15(2)21(23)22(20)24/h8,12,14,16-19H,4-7,9-11,13H2,1-3H3. The molecule has 0 aliphatic heterocycles. The molecule has 0 spiro atoms. The maximum Gasteiger partial charge on any atom is 0.162 e. The molecule has 2 aliphatic carbocycles. The quantitative estimate of drug-likeness (QED) is 0.510. The van der Waals surface area contributed by atoms with E-state index >= 15 is 0 Å². The van der Waals surface area contributed by atoms with E-state index in [1.807, 2.05) is 6.07 Å². The van der Waals surface area contributed by atoms with Gasteiger partial charge in [-0.05, 0) is 79.7 Å². The van der Waals surface area contributed by atoms with Crippen LogP contribution < -0.4 is 0 Å². The van der Waals surface area contributed by atoms with E-state index in [2.05, 4.69) is 13.8 Å². The summed E-state index contributed by atoms with van der Waals surface area (Å²) in [6, 6.07) is 3.56. The SMILES string of the molecule is Cc1ccc(C2CCCC(C3CCC(C)CC3C)CC2)c(F)c1F. The molecule has 0 bridgehead atoms. The molecule has 0 amide bonds. The second-order valence-electron chi connectivity index (χ2n) is 8.62. The lowest BCUT2D eigenvalue weighted by Gasteiger charge is -2.37. The van der Waals surface area contributed by atoms with E-state index in [4.69, 9.17) is 0 Å². The van der Waals surface area contributed by atoms with Gasteiger partial charge in [0.1, 0.15) is 0 Å². The molecule has 24 heavy (non-hydrogen) atoms. The van der Waals surface area contributed by atoms with Crippen molar-refractivity contribution in [2.45, 2.75) is 78.1 Å². The Hall–Kier alpha value is -0.920. The van der Waals surface area contributed by atoms with Crippen LogP contribution in [-0.4, -0.2) is 0 Å². The lowest BCUT2D eigenvalue weighted by atomic mass is 9.68. The summed E-state index contributed by atoms with van der Waals surface area (Å²) in [5.41, 5.74) is 1.02. The van der Waals surface area contributed by atoms with Crippen molar-refractivity contribution in [3.05, 3.63) is 34.9 Å². The molecule has 0 aromatic heterocycles. The Morgan fingerprint density at radius 3 is 2.42 bits per heavy atom. The van der Waals surface area contributed by atoms with Gasteiger partial charge in [-0.15, -0.1) is 0 Å². The second-order valence-corrected chi connectivity index (χ2v) is 8.62. The highest BCUT2D eigenvalue weighted by Crippen LogP contribution is 2.45. The van der Waals surface area contributed by atoms with Crippen molar-refractivity contribution in [1.82, 2.24) is 0 Å². The fraction of sp³-hybridized carbons (Fsp3) is 0.727. The van der Waals surface area contributed by atoms with Crippen molar-refractivity contribution >= 4 is 0 Å². The van der Waals surface area contributed by atoms with E-state index in [1.165, 1.54) is 32.1 Å². The zero-order chi connectivity index (χ0) is 17.3. The first kappa shape index (κ1) is 17.9. The van der Waals surface area contributed by atoms with E-state index in [0.717, 1.165) is 42.9 Å². The molecule has 3 rings (SSSR count). The third-order valence-electron chi connectivity index (χ3n) is 6.86. The Morgan fingerprint density at radius 1 is 0.875 bits per heavy atom. The van der Waals surface area contributed by atoms with Crippen LogP contribution >= 0.6 is 0 Å². The zero-order valence-electron chi connectivity index (χ0n) is 15.5.